The third-order valence-electron chi connectivity index (χ3n) is 1.71. The Kier molecular flexibility index (Phi) is 5.37. The van der Waals surface area contributed by atoms with E-state index < -0.39 is 0 Å². The van der Waals surface area contributed by atoms with Crippen molar-refractivity contribution >= 4 is 78.3 Å². The normalized spacial score (nSPS) is 10.7. The van der Waals surface area contributed by atoms with E-state index in [2.05, 4.69) is 31.9 Å². The lowest BCUT2D eigenvalue weighted by atomic mass is 10.1. The maximum atomic E-state index is 6.03. The molecule has 0 aromatic heterocycles. The van der Waals surface area contributed by atoms with Crippen molar-refractivity contribution < 1.29 is 0 Å². The molecule has 1 aromatic carbocycles. The molecule has 0 aliphatic rings. The Labute approximate surface area is 119 Å². The van der Waals surface area contributed by atoms with Gasteiger partial charge in [-0.2, -0.15) is 0 Å². The lowest BCUT2D eigenvalue weighted by molar-refractivity contribution is 1.36. The van der Waals surface area contributed by atoms with Crippen molar-refractivity contribution in [3.63, 3.8) is 0 Å². The van der Waals surface area contributed by atoms with Crippen LogP contribution in [-0.4, -0.2) is 0 Å². The van der Waals surface area contributed by atoms with Crippen LogP contribution in [-0.2, 0) is 10.7 Å². The van der Waals surface area contributed by atoms with Gasteiger partial charge in [0.1, 0.15) is 0 Å². The van der Waals surface area contributed by atoms with Gasteiger partial charge in [0.15, 0.2) is 0 Å². The Morgan fingerprint density at radius 2 is 0.857 bits per heavy atom. The second-order valence-corrected chi connectivity index (χ2v) is 5.11. The van der Waals surface area contributed by atoms with Gasteiger partial charge < -0.3 is 0 Å². The first-order valence-corrected chi connectivity index (χ1v) is 7.25. The first kappa shape index (κ1) is 13.4. The average Bonchev–Trinajstić information content (AvgIpc) is 2.17. The number of alkyl halides is 2. The van der Waals surface area contributed by atoms with Crippen molar-refractivity contribution in [3.05, 3.63) is 31.2 Å². The van der Waals surface area contributed by atoms with Crippen LogP contribution < -0.4 is 0 Å². The molecule has 0 bridgehead atoms. The van der Waals surface area contributed by atoms with Crippen LogP contribution in [0.3, 0.4) is 0 Å². The van der Waals surface area contributed by atoms with Crippen LogP contribution in [0.1, 0.15) is 11.1 Å². The summed E-state index contributed by atoms with van der Waals surface area (Å²) < 4.78 is 0. The van der Waals surface area contributed by atoms with E-state index in [9.17, 15) is 0 Å². The summed E-state index contributed by atoms with van der Waals surface area (Å²) in [6.07, 6.45) is 0. The van der Waals surface area contributed by atoms with Crippen molar-refractivity contribution in [1.82, 2.24) is 0 Å². The highest BCUT2D eigenvalue weighted by Gasteiger charge is 2.18. The van der Waals surface area contributed by atoms with Crippen LogP contribution in [0.15, 0.2) is 0 Å². The van der Waals surface area contributed by atoms with E-state index in [1.165, 1.54) is 0 Å². The van der Waals surface area contributed by atoms with Gasteiger partial charge in [0.25, 0.3) is 0 Å². The SMILES string of the molecule is Clc1c(Cl)c(CBr)c(Cl)c(Cl)c1CBr. The van der Waals surface area contributed by atoms with Gasteiger partial charge in [-0.1, -0.05) is 78.3 Å². The summed E-state index contributed by atoms with van der Waals surface area (Å²) in [5.41, 5.74) is 1.43. The van der Waals surface area contributed by atoms with E-state index in [4.69, 9.17) is 46.4 Å². The smallest absolute Gasteiger partial charge is 0.0651 e. The largest absolute Gasteiger partial charge is 0.0875 e. The second kappa shape index (κ2) is 5.60. The predicted octanol–water partition coefficient (Wildman–Crippen LogP) is 6.09. The van der Waals surface area contributed by atoms with Crippen molar-refractivity contribution in [1.29, 1.82) is 0 Å². The number of hydrogen-bond acceptors (Lipinski definition) is 0. The van der Waals surface area contributed by atoms with Gasteiger partial charge in [-0.25, -0.2) is 0 Å². The third kappa shape index (κ3) is 2.36. The van der Waals surface area contributed by atoms with Gasteiger partial charge in [-0.05, 0) is 0 Å². The zero-order chi connectivity index (χ0) is 10.9. The van der Waals surface area contributed by atoms with Crippen LogP contribution in [0, 0.1) is 0 Å². The summed E-state index contributed by atoms with van der Waals surface area (Å²) in [6.45, 7) is 0. The third-order valence-corrected chi connectivity index (χ3v) is 4.70. The lowest BCUT2D eigenvalue weighted by Gasteiger charge is -2.12. The molecule has 0 heterocycles. The molecule has 0 spiro atoms. The van der Waals surface area contributed by atoms with Crippen LogP contribution in [0.25, 0.3) is 0 Å². The first-order valence-electron chi connectivity index (χ1n) is 3.50. The molecule has 0 aliphatic heterocycles. The van der Waals surface area contributed by atoms with E-state index in [1.807, 2.05) is 0 Å². The van der Waals surface area contributed by atoms with Crippen molar-refractivity contribution in [2.75, 3.05) is 0 Å². The minimum absolute atomic E-state index is 0.451. The molecule has 0 aliphatic carbocycles. The topological polar surface area (TPSA) is 0 Å². The molecule has 1 aromatic rings. The Morgan fingerprint density at radius 1 is 0.643 bits per heavy atom. The summed E-state index contributed by atoms with van der Waals surface area (Å²) in [5, 5.41) is 2.85. The van der Waals surface area contributed by atoms with Crippen LogP contribution >= 0.6 is 78.3 Å². The molecular formula is C8H4Br2Cl4. The molecule has 0 amide bonds. The molecule has 0 unspecified atom stereocenters. The van der Waals surface area contributed by atoms with E-state index in [1.54, 1.807) is 0 Å². The van der Waals surface area contributed by atoms with E-state index >= 15 is 0 Å². The first-order chi connectivity index (χ1) is 6.54. The zero-order valence-electron chi connectivity index (χ0n) is 6.68. The van der Waals surface area contributed by atoms with Crippen molar-refractivity contribution in [2.24, 2.45) is 0 Å². The van der Waals surface area contributed by atoms with E-state index in [0.717, 1.165) is 0 Å². The Balaban J connectivity index is 3.55. The summed E-state index contributed by atoms with van der Waals surface area (Å²) in [5.74, 6) is 0. The molecule has 0 nitrogen and oxygen atoms in total. The molecule has 0 atom stereocenters. The van der Waals surface area contributed by atoms with Gasteiger partial charge in [-0.15, -0.1) is 0 Å². The number of benzene rings is 1. The summed E-state index contributed by atoms with van der Waals surface area (Å²) in [7, 11) is 0. The standard InChI is InChI=1S/C8H4Br2Cl4/c9-1-3-5(11)7(13)4(2-10)8(14)6(3)12/h1-2H2. The summed E-state index contributed by atoms with van der Waals surface area (Å²) in [6, 6.07) is 0. The quantitative estimate of drug-likeness (QED) is 0.415. The number of halogens is 6. The maximum absolute atomic E-state index is 6.03. The monoisotopic (exact) mass is 398 g/mol. The summed E-state index contributed by atoms with van der Waals surface area (Å²) >= 11 is 30.7. The van der Waals surface area contributed by atoms with Crippen LogP contribution in [0.2, 0.25) is 20.1 Å². The molecule has 0 N–H and O–H groups in total. The van der Waals surface area contributed by atoms with Crippen molar-refractivity contribution in [3.8, 4) is 0 Å². The fraction of sp³-hybridized carbons (Fsp3) is 0.250. The van der Waals surface area contributed by atoms with Gasteiger partial charge in [0.2, 0.25) is 0 Å². The number of hydrogen-bond donors (Lipinski definition) is 0. The van der Waals surface area contributed by atoms with Gasteiger partial charge >= 0.3 is 0 Å². The highest BCUT2D eigenvalue weighted by Crippen LogP contribution is 2.42. The lowest BCUT2D eigenvalue weighted by Crippen LogP contribution is -1.92. The minimum Gasteiger partial charge on any atom is -0.0875 e. The van der Waals surface area contributed by atoms with Gasteiger partial charge in [-0.3, -0.25) is 0 Å². The summed E-state index contributed by atoms with van der Waals surface area (Å²) in [4.78, 5) is 0. The Bertz CT molecular complexity index is 301. The predicted molar refractivity (Wildman–Crippen MR) is 71.7 cm³/mol. The van der Waals surface area contributed by atoms with Gasteiger partial charge in [0, 0.05) is 21.8 Å². The molecule has 0 saturated heterocycles. The van der Waals surface area contributed by atoms with E-state index in [-0.39, 0.29) is 0 Å². The molecule has 0 fully saturated rings. The highest BCUT2D eigenvalue weighted by molar-refractivity contribution is 9.08. The maximum Gasteiger partial charge on any atom is 0.0651 e. The van der Waals surface area contributed by atoms with Gasteiger partial charge in [0.05, 0.1) is 20.1 Å². The fourth-order valence-corrected chi connectivity index (χ4v) is 3.92. The second-order valence-electron chi connectivity index (χ2n) is 2.48. The van der Waals surface area contributed by atoms with E-state index in [0.29, 0.717) is 41.9 Å². The van der Waals surface area contributed by atoms with Crippen molar-refractivity contribution in [2.45, 2.75) is 10.7 Å². The average molecular weight is 402 g/mol. The molecule has 1 rings (SSSR count). The minimum atomic E-state index is 0.451. The molecular weight excluding hydrogens is 398 g/mol. The molecule has 0 saturated carbocycles. The molecule has 6 heteroatoms. The number of rotatable bonds is 2. The molecule has 78 valence electrons. The Morgan fingerprint density at radius 3 is 1.00 bits per heavy atom. The molecule has 0 radical (unpaired) electrons. The Hall–Kier alpha value is 1.34. The van der Waals surface area contributed by atoms with Crippen LogP contribution in [0.4, 0.5) is 0 Å². The highest BCUT2D eigenvalue weighted by atomic mass is 79.9. The molecule has 14 heavy (non-hydrogen) atoms. The van der Waals surface area contributed by atoms with Crippen LogP contribution in [0.5, 0.6) is 0 Å². The fourth-order valence-electron chi connectivity index (χ4n) is 0.957. The zero-order valence-corrected chi connectivity index (χ0v) is 12.9.